The number of fused-ring (bicyclic) bond motifs is 1. The molecule has 0 spiro atoms. The van der Waals surface area contributed by atoms with Crippen molar-refractivity contribution in [2.45, 2.75) is 18.9 Å². The summed E-state index contributed by atoms with van der Waals surface area (Å²) in [4.78, 5) is 18.7. The maximum Gasteiger partial charge on any atom is 0.272 e. The molecule has 0 atom stereocenters. The Morgan fingerprint density at radius 1 is 1.33 bits per heavy atom. The average molecular weight is 286 g/mol. The molecule has 0 aliphatic carbocycles. The molecule has 110 valence electrons. The number of anilines is 1. The summed E-state index contributed by atoms with van der Waals surface area (Å²) in [5.74, 6) is 5.42. The van der Waals surface area contributed by atoms with Crippen molar-refractivity contribution in [3.63, 3.8) is 0 Å². The lowest BCUT2D eigenvalue weighted by Gasteiger charge is -2.29. The predicted octanol–water partition coefficient (Wildman–Crippen LogP) is 1.12. The number of hydrogen-bond acceptors (Lipinski definition) is 5. The van der Waals surface area contributed by atoms with Crippen LogP contribution in [0, 0.1) is 0 Å². The zero-order chi connectivity index (χ0) is 14.8. The number of nitrogen functional groups attached to an aromatic ring is 1. The number of nitrogens with one attached hydrogen (secondary N) is 1. The molecule has 1 saturated heterocycles. The molecular weight excluding hydrogens is 268 g/mol. The minimum absolute atomic E-state index is 0.121. The lowest BCUT2D eigenvalue weighted by molar-refractivity contribution is 0.0542. The van der Waals surface area contributed by atoms with Crippen molar-refractivity contribution in [2.75, 3.05) is 18.5 Å². The number of aliphatic hydroxyl groups excluding tert-OH is 1. The van der Waals surface area contributed by atoms with Crippen molar-refractivity contribution in [1.82, 2.24) is 9.88 Å². The number of para-hydroxylation sites is 1. The number of pyridine rings is 1. The van der Waals surface area contributed by atoms with Gasteiger partial charge in [0.15, 0.2) is 0 Å². The molecule has 1 fully saturated rings. The van der Waals surface area contributed by atoms with E-state index in [1.165, 1.54) is 0 Å². The molecule has 0 bridgehead atoms. The lowest BCUT2D eigenvalue weighted by Crippen LogP contribution is -2.40. The van der Waals surface area contributed by atoms with Crippen molar-refractivity contribution in [3.05, 3.63) is 36.0 Å². The van der Waals surface area contributed by atoms with Crippen LogP contribution >= 0.6 is 0 Å². The second-order valence-electron chi connectivity index (χ2n) is 5.24. The van der Waals surface area contributed by atoms with Crippen LogP contribution in [0.3, 0.4) is 0 Å². The number of carbonyl (C=O) groups excluding carboxylic acids is 1. The van der Waals surface area contributed by atoms with Crippen LogP contribution in [-0.4, -0.2) is 40.1 Å². The Bertz CT molecular complexity index is 666. The normalized spacial score (nSPS) is 16.2. The van der Waals surface area contributed by atoms with Crippen molar-refractivity contribution >= 4 is 22.5 Å². The quantitative estimate of drug-likeness (QED) is 0.568. The molecule has 4 N–H and O–H groups in total. The van der Waals surface area contributed by atoms with Gasteiger partial charge in [-0.15, -0.1) is 0 Å². The average Bonchev–Trinajstić information content (AvgIpc) is 2.53. The zero-order valence-electron chi connectivity index (χ0n) is 11.6. The van der Waals surface area contributed by atoms with Gasteiger partial charge in [-0.2, -0.15) is 0 Å². The molecule has 1 aliphatic heterocycles. The van der Waals surface area contributed by atoms with Crippen LogP contribution in [0.25, 0.3) is 10.9 Å². The Hall–Kier alpha value is -2.18. The third-order valence-corrected chi connectivity index (χ3v) is 3.84. The number of aliphatic hydroxyl groups is 1. The van der Waals surface area contributed by atoms with Gasteiger partial charge in [-0.1, -0.05) is 18.2 Å². The smallest absolute Gasteiger partial charge is 0.272 e. The number of piperidine rings is 1. The van der Waals surface area contributed by atoms with E-state index in [0.29, 0.717) is 37.3 Å². The molecule has 0 radical (unpaired) electrons. The first-order valence-electron chi connectivity index (χ1n) is 7.03. The fourth-order valence-corrected chi connectivity index (χ4v) is 2.64. The van der Waals surface area contributed by atoms with Gasteiger partial charge < -0.3 is 15.4 Å². The highest BCUT2D eigenvalue weighted by molar-refractivity contribution is 5.99. The summed E-state index contributed by atoms with van der Waals surface area (Å²) in [6.07, 6.45) is 0.919. The number of rotatable bonds is 2. The molecule has 1 amide bonds. The van der Waals surface area contributed by atoms with Crippen molar-refractivity contribution in [3.8, 4) is 0 Å². The summed E-state index contributed by atoms with van der Waals surface area (Å²) >= 11 is 0. The van der Waals surface area contributed by atoms with E-state index in [1.807, 2.05) is 24.3 Å². The van der Waals surface area contributed by atoms with Crippen LogP contribution in [0.15, 0.2) is 30.3 Å². The van der Waals surface area contributed by atoms with Gasteiger partial charge in [-0.05, 0) is 25.0 Å². The first kappa shape index (κ1) is 13.8. The number of hydrogen-bond donors (Lipinski definition) is 3. The number of likely N-dealkylation sites (tertiary alicyclic amines) is 1. The fourth-order valence-electron chi connectivity index (χ4n) is 2.64. The van der Waals surface area contributed by atoms with Gasteiger partial charge in [0.05, 0.1) is 17.3 Å². The third kappa shape index (κ3) is 2.68. The largest absolute Gasteiger partial charge is 0.393 e. The maximum absolute atomic E-state index is 12.5. The molecule has 1 aromatic heterocycles. The monoisotopic (exact) mass is 286 g/mol. The molecule has 2 aromatic rings. The zero-order valence-corrected chi connectivity index (χ0v) is 11.6. The lowest BCUT2D eigenvalue weighted by atomic mass is 10.1. The summed E-state index contributed by atoms with van der Waals surface area (Å²) in [6.45, 7) is 1.11. The number of hydrazine groups is 1. The second kappa shape index (κ2) is 5.67. The van der Waals surface area contributed by atoms with Crippen LogP contribution in [0.2, 0.25) is 0 Å². The van der Waals surface area contributed by atoms with E-state index < -0.39 is 0 Å². The number of aromatic nitrogens is 1. The topological polar surface area (TPSA) is 91.5 Å². The van der Waals surface area contributed by atoms with Gasteiger partial charge in [0.1, 0.15) is 5.69 Å². The predicted molar refractivity (Wildman–Crippen MR) is 80.7 cm³/mol. The summed E-state index contributed by atoms with van der Waals surface area (Å²) in [7, 11) is 0. The SMILES string of the molecule is NNc1cc(C(=O)N2CCC(O)CC2)nc2ccccc12. The maximum atomic E-state index is 12.5. The number of amides is 1. The molecule has 3 rings (SSSR count). The first-order chi connectivity index (χ1) is 10.2. The number of benzene rings is 1. The van der Waals surface area contributed by atoms with E-state index in [1.54, 1.807) is 11.0 Å². The summed E-state index contributed by atoms with van der Waals surface area (Å²) in [5, 5.41) is 10.4. The number of nitrogens with zero attached hydrogens (tertiary/aromatic N) is 2. The Morgan fingerprint density at radius 2 is 2.05 bits per heavy atom. The molecule has 1 aromatic carbocycles. The van der Waals surface area contributed by atoms with Gasteiger partial charge >= 0.3 is 0 Å². The van der Waals surface area contributed by atoms with Crippen LogP contribution in [0.4, 0.5) is 5.69 Å². The second-order valence-corrected chi connectivity index (χ2v) is 5.24. The van der Waals surface area contributed by atoms with Gasteiger partial charge in [-0.25, -0.2) is 4.98 Å². The van der Waals surface area contributed by atoms with Crippen LogP contribution < -0.4 is 11.3 Å². The third-order valence-electron chi connectivity index (χ3n) is 3.84. The molecule has 0 saturated carbocycles. The molecule has 6 nitrogen and oxygen atoms in total. The fraction of sp³-hybridized carbons (Fsp3) is 0.333. The molecule has 1 aliphatic rings. The highest BCUT2D eigenvalue weighted by atomic mass is 16.3. The van der Waals surface area contributed by atoms with E-state index in [9.17, 15) is 9.90 Å². The number of carbonyl (C=O) groups is 1. The Kier molecular flexibility index (Phi) is 3.72. The minimum Gasteiger partial charge on any atom is -0.393 e. The molecule has 6 heteroatoms. The van der Waals surface area contributed by atoms with Crippen molar-refractivity contribution in [1.29, 1.82) is 0 Å². The van der Waals surface area contributed by atoms with Crippen LogP contribution in [0.5, 0.6) is 0 Å². The standard InChI is InChI=1S/C15H18N4O2/c16-18-13-9-14(17-12-4-2-1-3-11(12)13)15(21)19-7-5-10(20)6-8-19/h1-4,9-10,20H,5-8,16H2,(H,17,18). The van der Waals surface area contributed by atoms with E-state index >= 15 is 0 Å². The van der Waals surface area contributed by atoms with E-state index in [0.717, 1.165) is 10.9 Å². The Labute approximate surface area is 122 Å². The molecular formula is C15H18N4O2. The van der Waals surface area contributed by atoms with Crippen LogP contribution in [-0.2, 0) is 0 Å². The van der Waals surface area contributed by atoms with Gasteiger partial charge in [0.25, 0.3) is 5.91 Å². The van der Waals surface area contributed by atoms with Gasteiger partial charge in [0, 0.05) is 18.5 Å². The summed E-state index contributed by atoms with van der Waals surface area (Å²) < 4.78 is 0. The Balaban J connectivity index is 1.94. The molecule has 2 heterocycles. The van der Waals surface area contributed by atoms with E-state index in [-0.39, 0.29) is 12.0 Å². The molecule has 0 unspecified atom stereocenters. The Morgan fingerprint density at radius 3 is 2.76 bits per heavy atom. The van der Waals surface area contributed by atoms with Crippen LogP contribution in [0.1, 0.15) is 23.3 Å². The highest BCUT2D eigenvalue weighted by Gasteiger charge is 2.23. The minimum atomic E-state index is -0.306. The highest BCUT2D eigenvalue weighted by Crippen LogP contribution is 2.23. The summed E-state index contributed by atoms with van der Waals surface area (Å²) in [6, 6.07) is 9.21. The van der Waals surface area contributed by atoms with Crippen molar-refractivity contribution in [2.24, 2.45) is 5.84 Å². The van der Waals surface area contributed by atoms with Gasteiger partial charge in [-0.3, -0.25) is 10.6 Å². The molecule has 21 heavy (non-hydrogen) atoms. The van der Waals surface area contributed by atoms with E-state index in [4.69, 9.17) is 5.84 Å². The number of nitrogens with two attached hydrogens (primary N) is 1. The van der Waals surface area contributed by atoms with Crippen molar-refractivity contribution < 1.29 is 9.90 Å². The van der Waals surface area contributed by atoms with E-state index in [2.05, 4.69) is 10.4 Å². The summed E-state index contributed by atoms with van der Waals surface area (Å²) in [5.41, 5.74) is 4.41. The van der Waals surface area contributed by atoms with Gasteiger partial charge in [0.2, 0.25) is 0 Å². The first-order valence-corrected chi connectivity index (χ1v) is 7.03.